The number of hydrogen-bond donors (Lipinski definition) is 2. The molecule has 0 amide bonds. The van der Waals surface area contributed by atoms with Crippen LogP contribution < -0.4 is 5.32 Å². The Kier molecular flexibility index (Phi) is 2.87. The second kappa shape index (κ2) is 3.91. The van der Waals surface area contributed by atoms with Crippen molar-refractivity contribution in [1.29, 1.82) is 0 Å². The highest BCUT2D eigenvalue weighted by Crippen LogP contribution is 1.95. The smallest absolute Gasteiger partial charge is 0.313 e. The highest BCUT2D eigenvalue weighted by Gasteiger charge is 1.99. The van der Waals surface area contributed by atoms with Crippen molar-refractivity contribution >= 4 is 5.95 Å². The van der Waals surface area contributed by atoms with Crippen LogP contribution >= 0.6 is 0 Å². The van der Waals surface area contributed by atoms with Crippen molar-refractivity contribution in [2.45, 2.75) is 13.0 Å². The van der Waals surface area contributed by atoms with E-state index in [4.69, 9.17) is 5.11 Å². The molecule has 0 saturated heterocycles. The third-order valence-corrected chi connectivity index (χ3v) is 1.10. The lowest BCUT2D eigenvalue weighted by Crippen LogP contribution is -2.17. The zero-order valence-electron chi connectivity index (χ0n) is 6.53. The molecule has 1 aromatic rings. The van der Waals surface area contributed by atoms with Crippen molar-refractivity contribution in [3.8, 4) is 0 Å². The summed E-state index contributed by atoms with van der Waals surface area (Å²) in [5, 5.41) is 11.5. The van der Waals surface area contributed by atoms with Gasteiger partial charge in [-0.3, -0.25) is 0 Å². The Morgan fingerprint density at radius 3 is 3.00 bits per heavy atom. The van der Waals surface area contributed by atoms with Crippen molar-refractivity contribution < 1.29 is 9.50 Å². The van der Waals surface area contributed by atoms with Crippen molar-refractivity contribution in [2.75, 3.05) is 11.9 Å². The Labute approximate surface area is 68.7 Å². The second-order valence-electron chi connectivity index (χ2n) is 2.31. The molecule has 1 heterocycles. The predicted octanol–water partition coefficient (Wildman–Crippen LogP) is -0.197. The Bertz CT molecular complexity index is 255. The highest BCUT2D eigenvalue weighted by atomic mass is 19.1. The minimum absolute atomic E-state index is 0.128. The molecule has 5 nitrogen and oxygen atoms in total. The van der Waals surface area contributed by atoms with Crippen molar-refractivity contribution in [2.24, 2.45) is 0 Å². The first-order valence-electron chi connectivity index (χ1n) is 3.45. The first-order chi connectivity index (χ1) is 5.68. The molecule has 1 unspecified atom stereocenters. The van der Waals surface area contributed by atoms with Gasteiger partial charge in [0.05, 0.1) is 6.10 Å². The second-order valence-corrected chi connectivity index (χ2v) is 2.31. The molecular weight excluding hydrogens is 163 g/mol. The van der Waals surface area contributed by atoms with E-state index in [1.807, 2.05) is 0 Å². The van der Waals surface area contributed by atoms with E-state index < -0.39 is 12.2 Å². The van der Waals surface area contributed by atoms with E-state index in [0.29, 0.717) is 0 Å². The van der Waals surface area contributed by atoms with Gasteiger partial charge in [0, 0.05) is 6.54 Å². The van der Waals surface area contributed by atoms with Gasteiger partial charge < -0.3 is 10.4 Å². The van der Waals surface area contributed by atoms with Gasteiger partial charge in [-0.25, -0.2) is 4.98 Å². The monoisotopic (exact) mass is 172 g/mol. The fourth-order valence-electron chi connectivity index (χ4n) is 0.600. The fourth-order valence-corrected chi connectivity index (χ4v) is 0.600. The molecule has 1 aromatic heterocycles. The number of rotatable bonds is 3. The summed E-state index contributed by atoms with van der Waals surface area (Å²) in [6.07, 6.45) is -0.296. The maximum atomic E-state index is 12.3. The molecule has 0 aliphatic carbocycles. The lowest BCUT2D eigenvalue weighted by atomic mass is 10.4. The van der Waals surface area contributed by atoms with Gasteiger partial charge in [-0.05, 0) is 6.92 Å². The first kappa shape index (κ1) is 8.79. The van der Waals surface area contributed by atoms with E-state index >= 15 is 0 Å². The summed E-state index contributed by atoms with van der Waals surface area (Å²) < 4.78 is 12.3. The molecule has 0 fully saturated rings. The lowest BCUT2D eigenvalue weighted by Gasteiger charge is -2.04. The van der Waals surface area contributed by atoms with Crippen molar-refractivity contribution in [1.82, 2.24) is 15.0 Å². The quantitative estimate of drug-likeness (QED) is 0.660. The number of hydrogen-bond acceptors (Lipinski definition) is 5. The minimum Gasteiger partial charge on any atom is -0.392 e. The number of nitrogens with one attached hydrogen (secondary N) is 1. The van der Waals surface area contributed by atoms with Crippen LogP contribution in [0.1, 0.15) is 6.92 Å². The summed E-state index contributed by atoms with van der Waals surface area (Å²) in [4.78, 5) is 10.1. The molecule has 6 heteroatoms. The Balaban J connectivity index is 2.52. The molecule has 0 spiro atoms. The zero-order valence-corrected chi connectivity index (χ0v) is 6.53. The molecular formula is C6H9FN4O. The van der Waals surface area contributed by atoms with Gasteiger partial charge in [-0.2, -0.15) is 14.4 Å². The van der Waals surface area contributed by atoms with Crippen LogP contribution in [0.25, 0.3) is 0 Å². The van der Waals surface area contributed by atoms with E-state index in [0.717, 1.165) is 6.33 Å². The van der Waals surface area contributed by atoms with Crippen LogP contribution in [0.15, 0.2) is 6.33 Å². The number of aliphatic hydroxyl groups excluding tert-OH is 1. The summed E-state index contributed by atoms with van der Waals surface area (Å²) >= 11 is 0. The van der Waals surface area contributed by atoms with Gasteiger partial charge in [-0.1, -0.05) is 0 Å². The van der Waals surface area contributed by atoms with Crippen LogP contribution in [-0.2, 0) is 0 Å². The maximum absolute atomic E-state index is 12.3. The maximum Gasteiger partial charge on any atom is 0.313 e. The first-order valence-corrected chi connectivity index (χ1v) is 3.45. The number of aromatic nitrogens is 3. The topological polar surface area (TPSA) is 70.9 Å². The molecule has 0 aliphatic heterocycles. The van der Waals surface area contributed by atoms with Gasteiger partial charge in [0.25, 0.3) is 0 Å². The predicted molar refractivity (Wildman–Crippen MR) is 40.0 cm³/mol. The third kappa shape index (κ3) is 2.75. The van der Waals surface area contributed by atoms with E-state index in [-0.39, 0.29) is 12.5 Å². The van der Waals surface area contributed by atoms with E-state index in [1.165, 1.54) is 0 Å². The summed E-state index contributed by atoms with van der Waals surface area (Å²) in [7, 11) is 0. The van der Waals surface area contributed by atoms with Crippen LogP contribution in [0.2, 0.25) is 0 Å². The lowest BCUT2D eigenvalue weighted by molar-refractivity contribution is 0.208. The molecule has 1 atom stereocenters. The molecule has 66 valence electrons. The summed E-state index contributed by atoms with van der Waals surface area (Å²) in [5.41, 5.74) is 0. The summed E-state index contributed by atoms with van der Waals surface area (Å²) in [5.74, 6) is 0.128. The van der Waals surface area contributed by atoms with Gasteiger partial charge in [0.1, 0.15) is 6.33 Å². The Hall–Kier alpha value is -1.30. The summed E-state index contributed by atoms with van der Waals surface area (Å²) in [6, 6.07) is 0. The summed E-state index contributed by atoms with van der Waals surface area (Å²) in [6.45, 7) is 1.88. The molecule has 0 radical (unpaired) electrons. The molecule has 0 saturated carbocycles. The van der Waals surface area contributed by atoms with Crippen molar-refractivity contribution in [3.63, 3.8) is 0 Å². The highest BCUT2D eigenvalue weighted by molar-refractivity contribution is 5.20. The molecule has 0 aromatic carbocycles. The number of anilines is 1. The number of aliphatic hydroxyl groups is 1. The average molecular weight is 172 g/mol. The number of halogens is 1. The third-order valence-electron chi connectivity index (χ3n) is 1.10. The molecule has 2 N–H and O–H groups in total. The molecule has 0 aliphatic rings. The van der Waals surface area contributed by atoms with E-state index in [2.05, 4.69) is 20.3 Å². The van der Waals surface area contributed by atoms with Gasteiger partial charge in [0.2, 0.25) is 5.95 Å². The van der Waals surface area contributed by atoms with Crippen LogP contribution in [0, 0.1) is 6.08 Å². The number of nitrogens with zero attached hydrogens (tertiary/aromatic N) is 3. The molecule has 0 bridgehead atoms. The van der Waals surface area contributed by atoms with Gasteiger partial charge in [-0.15, -0.1) is 0 Å². The standard InChI is InChI=1S/C6H9FN4O/c1-4(12)2-8-6-10-3-9-5(7)11-6/h3-4,12H,2H2,1H3,(H,8,9,10,11). The van der Waals surface area contributed by atoms with E-state index in [9.17, 15) is 4.39 Å². The Morgan fingerprint density at radius 2 is 2.42 bits per heavy atom. The SMILES string of the molecule is CC(O)CNc1ncnc(F)n1. The molecule has 12 heavy (non-hydrogen) atoms. The van der Waals surface area contributed by atoms with Crippen LogP contribution in [0.3, 0.4) is 0 Å². The van der Waals surface area contributed by atoms with Crippen LogP contribution in [0.5, 0.6) is 0 Å². The van der Waals surface area contributed by atoms with Crippen LogP contribution in [-0.4, -0.2) is 32.7 Å². The zero-order chi connectivity index (χ0) is 8.97. The molecule has 1 rings (SSSR count). The Morgan fingerprint density at radius 1 is 1.67 bits per heavy atom. The van der Waals surface area contributed by atoms with Crippen molar-refractivity contribution in [3.05, 3.63) is 12.4 Å². The van der Waals surface area contributed by atoms with E-state index in [1.54, 1.807) is 6.92 Å². The van der Waals surface area contributed by atoms with Gasteiger partial charge >= 0.3 is 6.08 Å². The normalized spacial score (nSPS) is 12.6. The van der Waals surface area contributed by atoms with Gasteiger partial charge in [0.15, 0.2) is 0 Å². The minimum atomic E-state index is -0.835. The van der Waals surface area contributed by atoms with Crippen LogP contribution in [0.4, 0.5) is 10.3 Å². The largest absolute Gasteiger partial charge is 0.392 e. The fraction of sp³-hybridized carbons (Fsp3) is 0.500. The average Bonchev–Trinajstić information content (AvgIpc) is 2.01.